The van der Waals surface area contributed by atoms with Crippen LogP contribution in [-0.2, 0) is 52.4 Å². The van der Waals surface area contributed by atoms with E-state index in [-0.39, 0.29) is 33.0 Å². The Bertz CT molecular complexity index is 828. The lowest BCUT2D eigenvalue weighted by Gasteiger charge is -2.27. The summed E-state index contributed by atoms with van der Waals surface area (Å²) in [6.07, 6.45) is -1.08. The fraction of sp³-hybridized carbons (Fsp3) is 0.808. The Morgan fingerprint density at radius 1 is 0.659 bits per heavy atom. The number of carbonyl (C=O) groups excluding carboxylic acids is 5. The zero-order chi connectivity index (χ0) is 32.0. The molecule has 0 bridgehead atoms. The Kier molecular flexibility index (Phi) is 17.2. The van der Waals surface area contributed by atoms with Crippen LogP contribution in [0.4, 0.5) is 0 Å². The third-order valence-corrected chi connectivity index (χ3v) is 5.89. The molecule has 41 heavy (non-hydrogen) atoms. The van der Waals surface area contributed by atoms with E-state index in [4.69, 9.17) is 33.5 Å². The lowest BCUT2D eigenvalue weighted by atomic mass is 9.93. The number of hydrogen-bond donors (Lipinski definition) is 2. The number of alkyl halides is 2. The topological polar surface area (TPSA) is 181 Å². The third kappa shape index (κ3) is 15.8. The summed E-state index contributed by atoms with van der Waals surface area (Å²) in [5.74, 6) is -5.29. The molecule has 0 saturated carbocycles. The van der Waals surface area contributed by atoms with Crippen LogP contribution in [0.1, 0.15) is 48.5 Å². The van der Waals surface area contributed by atoms with E-state index in [1.165, 1.54) is 20.8 Å². The van der Waals surface area contributed by atoms with Crippen LogP contribution in [0.25, 0.3) is 0 Å². The van der Waals surface area contributed by atoms with E-state index in [9.17, 15) is 29.1 Å². The highest BCUT2D eigenvalue weighted by Crippen LogP contribution is 2.23. The summed E-state index contributed by atoms with van der Waals surface area (Å²) in [5.41, 5.74) is -1.64. The Morgan fingerprint density at radius 3 is 1.44 bits per heavy atom. The summed E-state index contributed by atoms with van der Waals surface area (Å²) in [5, 5.41) is 18.1. The number of rotatable bonds is 19. The molecule has 0 aromatic heterocycles. The molecule has 0 aliphatic heterocycles. The first-order valence-corrected chi connectivity index (χ1v) is 14.4. The van der Waals surface area contributed by atoms with Crippen molar-refractivity contribution in [3.05, 3.63) is 0 Å². The zero-order valence-corrected chi connectivity index (χ0v) is 27.7. The molecule has 0 aromatic rings. The van der Waals surface area contributed by atoms with Crippen molar-refractivity contribution in [2.45, 2.75) is 63.2 Å². The van der Waals surface area contributed by atoms with Gasteiger partial charge in [0.2, 0.25) is 0 Å². The van der Waals surface area contributed by atoms with Crippen molar-refractivity contribution in [3.63, 3.8) is 0 Å². The van der Waals surface area contributed by atoms with E-state index in [0.29, 0.717) is 0 Å². The summed E-state index contributed by atoms with van der Waals surface area (Å²) in [7, 11) is 0. The summed E-state index contributed by atoms with van der Waals surface area (Å²) in [6, 6.07) is 0. The van der Waals surface area contributed by atoms with Gasteiger partial charge in [0, 0.05) is 0 Å². The first-order chi connectivity index (χ1) is 18.7. The molecule has 238 valence electrons. The van der Waals surface area contributed by atoms with Crippen molar-refractivity contribution < 1.29 is 62.6 Å². The minimum atomic E-state index is -1.64. The van der Waals surface area contributed by atoms with Crippen molar-refractivity contribution in [1.82, 2.24) is 0 Å². The first-order valence-electron chi connectivity index (χ1n) is 12.8. The molecule has 0 aliphatic rings. The Hall–Kier alpha value is -1.81. The van der Waals surface area contributed by atoms with Crippen LogP contribution in [0.2, 0.25) is 0 Å². The first kappa shape index (κ1) is 39.2. The molecule has 0 heterocycles. The average molecular weight is 722 g/mol. The minimum absolute atomic E-state index is 0.100. The van der Waals surface area contributed by atoms with Gasteiger partial charge in [-0.3, -0.25) is 24.0 Å². The molecule has 0 spiro atoms. The Morgan fingerprint density at radius 2 is 1.07 bits per heavy atom. The monoisotopic (exact) mass is 720 g/mol. The summed E-state index contributed by atoms with van der Waals surface area (Å²) < 4.78 is 29.2. The van der Waals surface area contributed by atoms with Crippen molar-refractivity contribution >= 4 is 61.7 Å². The van der Waals surface area contributed by atoms with E-state index in [2.05, 4.69) is 31.9 Å². The maximum atomic E-state index is 12.9. The predicted molar refractivity (Wildman–Crippen MR) is 151 cm³/mol. The SMILES string of the molecule is CC(COC(=O)C(C)(C)Br)C(=O)OCC(C)(COC(=O)C(C)COC(=O)C(C)(C)Br)C(=O)OCCOCC(O)CO. The molecule has 0 radical (unpaired) electrons. The number of esters is 5. The zero-order valence-electron chi connectivity index (χ0n) is 24.5. The summed E-state index contributed by atoms with van der Waals surface area (Å²) in [4.78, 5) is 61.9. The van der Waals surface area contributed by atoms with Gasteiger partial charge in [0.15, 0.2) is 0 Å². The summed E-state index contributed by atoms with van der Waals surface area (Å²) in [6.45, 7) is 8.05. The van der Waals surface area contributed by atoms with Gasteiger partial charge in [-0.05, 0) is 48.5 Å². The van der Waals surface area contributed by atoms with E-state index in [1.807, 2.05) is 0 Å². The van der Waals surface area contributed by atoms with Gasteiger partial charge in [-0.1, -0.05) is 31.9 Å². The van der Waals surface area contributed by atoms with E-state index in [0.717, 1.165) is 0 Å². The van der Waals surface area contributed by atoms with Crippen LogP contribution in [0.3, 0.4) is 0 Å². The highest BCUT2D eigenvalue weighted by molar-refractivity contribution is 9.10. The standard InChI is InChI=1S/C26H42Br2O13/c1-16(11-38-21(33)24(3,4)27)19(31)40-14-26(7,23(35)37-9-8-36-13-18(30)10-29)15-41-20(32)17(2)12-39-22(34)25(5,6)28/h16-18,29-30H,8-15H2,1-7H3. The van der Waals surface area contributed by atoms with Crippen molar-refractivity contribution in [1.29, 1.82) is 0 Å². The third-order valence-electron chi connectivity index (χ3n) is 5.24. The molecule has 0 saturated heterocycles. The van der Waals surface area contributed by atoms with Crippen molar-refractivity contribution in [2.75, 3.05) is 52.9 Å². The van der Waals surface area contributed by atoms with Gasteiger partial charge in [-0.2, -0.15) is 0 Å². The molecule has 2 N–H and O–H groups in total. The van der Waals surface area contributed by atoms with Crippen LogP contribution >= 0.6 is 31.9 Å². The second-order valence-corrected chi connectivity index (χ2v) is 14.7. The molecule has 3 atom stereocenters. The minimum Gasteiger partial charge on any atom is -0.464 e. The smallest absolute Gasteiger partial charge is 0.322 e. The second-order valence-electron chi connectivity index (χ2n) is 10.8. The Labute approximate surface area is 257 Å². The van der Waals surface area contributed by atoms with Crippen LogP contribution in [-0.4, -0.2) is 108 Å². The predicted octanol–water partition coefficient (Wildman–Crippen LogP) is 1.70. The molecule has 0 rings (SSSR count). The number of aliphatic hydroxyl groups excluding tert-OH is 2. The highest BCUT2D eigenvalue weighted by Gasteiger charge is 2.40. The number of halogens is 2. The number of aliphatic hydroxyl groups is 2. The van der Waals surface area contributed by atoms with Crippen molar-refractivity contribution in [2.24, 2.45) is 17.3 Å². The lowest BCUT2D eigenvalue weighted by molar-refractivity contribution is -0.174. The molecular weight excluding hydrogens is 680 g/mol. The molecular formula is C26H42Br2O13. The van der Waals surface area contributed by atoms with Gasteiger partial charge >= 0.3 is 29.8 Å². The number of ether oxygens (including phenoxy) is 6. The summed E-state index contributed by atoms with van der Waals surface area (Å²) >= 11 is 6.33. The molecule has 13 nitrogen and oxygen atoms in total. The van der Waals surface area contributed by atoms with Gasteiger partial charge < -0.3 is 38.6 Å². The van der Waals surface area contributed by atoms with Gasteiger partial charge in [0.1, 0.15) is 53.2 Å². The van der Waals surface area contributed by atoms with Crippen LogP contribution < -0.4 is 0 Å². The number of hydrogen-bond acceptors (Lipinski definition) is 13. The quantitative estimate of drug-likeness (QED) is 0.0852. The molecule has 0 aromatic carbocycles. The van der Waals surface area contributed by atoms with Gasteiger partial charge in [-0.15, -0.1) is 0 Å². The lowest BCUT2D eigenvalue weighted by Crippen LogP contribution is -2.42. The molecule has 0 amide bonds. The maximum Gasteiger partial charge on any atom is 0.322 e. The maximum absolute atomic E-state index is 12.9. The fourth-order valence-electron chi connectivity index (χ4n) is 2.43. The van der Waals surface area contributed by atoms with Gasteiger partial charge in [0.05, 0.1) is 31.7 Å². The molecule has 0 fully saturated rings. The molecule has 3 unspecified atom stereocenters. The van der Waals surface area contributed by atoms with Crippen molar-refractivity contribution in [3.8, 4) is 0 Å². The van der Waals surface area contributed by atoms with Crippen LogP contribution in [0.5, 0.6) is 0 Å². The van der Waals surface area contributed by atoms with E-state index in [1.54, 1.807) is 27.7 Å². The fourth-order valence-corrected chi connectivity index (χ4v) is 2.65. The van der Waals surface area contributed by atoms with E-state index >= 15 is 0 Å². The molecule has 0 aliphatic carbocycles. The Balaban J connectivity index is 5.25. The highest BCUT2D eigenvalue weighted by atomic mass is 79.9. The van der Waals surface area contributed by atoms with Crippen LogP contribution in [0, 0.1) is 17.3 Å². The van der Waals surface area contributed by atoms with Crippen LogP contribution in [0.15, 0.2) is 0 Å². The van der Waals surface area contributed by atoms with Gasteiger partial charge in [0.25, 0.3) is 0 Å². The second kappa shape index (κ2) is 18.0. The largest absolute Gasteiger partial charge is 0.464 e. The molecule has 15 heteroatoms. The normalized spacial score (nSPS) is 15.5. The number of carbonyl (C=O) groups is 5. The average Bonchev–Trinajstić information content (AvgIpc) is 2.89. The van der Waals surface area contributed by atoms with Gasteiger partial charge in [-0.25, -0.2) is 0 Å². The van der Waals surface area contributed by atoms with E-state index < -0.39 is 81.7 Å².